The standard InChI is InChI=1S/C13H16BNO6/c1-8(16)15-7-11-9-3-2-4-10(13(9)14(19)21-11)20-6-5-12(17)18/h2-4,11,19H,5-7H2,1H3,(H,15,16)(H,17,18)/t11-/m1/s1. The van der Waals surface area contributed by atoms with Crippen LogP contribution in [0.2, 0.25) is 0 Å². The molecule has 112 valence electrons. The molecule has 7 nitrogen and oxygen atoms in total. The molecule has 0 aromatic heterocycles. The molecular formula is C13H16BNO6. The number of ether oxygens (including phenoxy) is 1. The summed E-state index contributed by atoms with van der Waals surface area (Å²) in [4.78, 5) is 21.5. The van der Waals surface area contributed by atoms with E-state index in [0.717, 1.165) is 5.56 Å². The van der Waals surface area contributed by atoms with E-state index in [4.69, 9.17) is 14.5 Å². The van der Waals surface area contributed by atoms with Gasteiger partial charge in [-0.2, -0.15) is 0 Å². The third-order valence-electron chi connectivity index (χ3n) is 3.10. The Hall–Kier alpha value is -2.06. The average molecular weight is 293 g/mol. The molecular weight excluding hydrogens is 277 g/mol. The number of carboxylic acids is 1. The van der Waals surface area contributed by atoms with Crippen LogP contribution in [0.15, 0.2) is 18.2 Å². The zero-order valence-electron chi connectivity index (χ0n) is 11.5. The van der Waals surface area contributed by atoms with Crippen molar-refractivity contribution in [3.8, 4) is 5.75 Å². The molecule has 1 aromatic carbocycles. The lowest BCUT2D eigenvalue weighted by atomic mass is 9.78. The molecule has 3 N–H and O–H groups in total. The molecule has 2 rings (SSSR count). The minimum absolute atomic E-state index is 0.00880. The first-order chi connectivity index (χ1) is 9.99. The van der Waals surface area contributed by atoms with Crippen molar-refractivity contribution in [1.82, 2.24) is 5.32 Å². The van der Waals surface area contributed by atoms with Crippen molar-refractivity contribution in [3.63, 3.8) is 0 Å². The maximum atomic E-state index is 11.0. The number of benzene rings is 1. The first kappa shape index (κ1) is 15.3. The first-order valence-electron chi connectivity index (χ1n) is 6.54. The molecule has 0 saturated heterocycles. The van der Waals surface area contributed by atoms with Crippen molar-refractivity contribution >= 4 is 24.5 Å². The molecule has 0 spiro atoms. The first-order valence-corrected chi connectivity index (χ1v) is 6.54. The number of amides is 1. The molecule has 21 heavy (non-hydrogen) atoms. The largest absolute Gasteiger partial charge is 0.495 e. The van der Waals surface area contributed by atoms with E-state index < -0.39 is 19.2 Å². The van der Waals surface area contributed by atoms with Gasteiger partial charge in [0.25, 0.3) is 0 Å². The fourth-order valence-corrected chi connectivity index (χ4v) is 2.17. The van der Waals surface area contributed by atoms with Crippen LogP contribution < -0.4 is 15.5 Å². The number of rotatable bonds is 6. The van der Waals surface area contributed by atoms with E-state index in [1.165, 1.54) is 6.92 Å². The van der Waals surface area contributed by atoms with Gasteiger partial charge in [0.1, 0.15) is 5.75 Å². The Labute approximate surface area is 122 Å². The Morgan fingerprint density at radius 2 is 2.24 bits per heavy atom. The fraction of sp³-hybridized carbons (Fsp3) is 0.385. The molecule has 1 aliphatic rings. The van der Waals surface area contributed by atoms with Gasteiger partial charge in [0.05, 0.1) is 19.1 Å². The number of nitrogens with one attached hydrogen (secondary N) is 1. The summed E-state index contributed by atoms with van der Waals surface area (Å²) in [7, 11) is -1.15. The minimum atomic E-state index is -1.15. The summed E-state index contributed by atoms with van der Waals surface area (Å²) in [6, 6.07) is 5.16. The zero-order valence-corrected chi connectivity index (χ0v) is 11.5. The lowest BCUT2D eigenvalue weighted by molar-refractivity contribution is -0.137. The predicted octanol–water partition coefficient (Wildman–Crippen LogP) is -0.565. The van der Waals surface area contributed by atoms with Crippen molar-refractivity contribution in [2.45, 2.75) is 19.4 Å². The van der Waals surface area contributed by atoms with Crippen LogP contribution >= 0.6 is 0 Å². The number of hydrogen-bond acceptors (Lipinski definition) is 5. The Morgan fingerprint density at radius 3 is 2.90 bits per heavy atom. The minimum Gasteiger partial charge on any atom is -0.493 e. The third-order valence-corrected chi connectivity index (χ3v) is 3.10. The highest BCUT2D eigenvalue weighted by molar-refractivity contribution is 6.62. The summed E-state index contributed by atoms with van der Waals surface area (Å²) in [5, 5.41) is 21.2. The van der Waals surface area contributed by atoms with Gasteiger partial charge in [-0.1, -0.05) is 12.1 Å². The molecule has 8 heteroatoms. The second-order valence-corrected chi connectivity index (χ2v) is 4.67. The smallest absolute Gasteiger partial charge is 0.493 e. The highest BCUT2D eigenvalue weighted by atomic mass is 16.5. The van der Waals surface area contributed by atoms with Crippen LogP contribution in [-0.4, -0.2) is 42.3 Å². The van der Waals surface area contributed by atoms with Gasteiger partial charge in [-0.25, -0.2) is 0 Å². The Bertz CT molecular complexity index is 549. The SMILES string of the molecule is CC(=O)NC[C@H]1OB(O)c2c(OCCC(=O)O)cccc21. The van der Waals surface area contributed by atoms with Crippen LogP contribution in [0.3, 0.4) is 0 Å². The van der Waals surface area contributed by atoms with Gasteiger partial charge in [0, 0.05) is 18.9 Å². The number of carbonyl (C=O) groups is 2. The second kappa shape index (κ2) is 6.60. The molecule has 1 amide bonds. The monoisotopic (exact) mass is 293 g/mol. The normalized spacial score (nSPS) is 16.5. The zero-order chi connectivity index (χ0) is 15.4. The molecule has 1 atom stereocenters. The Kier molecular flexibility index (Phi) is 4.82. The van der Waals surface area contributed by atoms with E-state index in [1.807, 2.05) is 0 Å². The van der Waals surface area contributed by atoms with Crippen molar-refractivity contribution in [2.24, 2.45) is 0 Å². The Morgan fingerprint density at radius 1 is 1.48 bits per heavy atom. The van der Waals surface area contributed by atoms with E-state index in [9.17, 15) is 14.6 Å². The predicted molar refractivity (Wildman–Crippen MR) is 74.3 cm³/mol. The summed E-state index contributed by atoms with van der Waals surface area (Å²) in [6.07, 6.45) is -0.586. The van der Waals surface area contributed by atoms with Crippen LogP contribution in [0.4, 0.5) is 0 Å². The summed E-state index contributed by atoms with van der Waals surface area (Å²) < 4.78 is 10.8. The van der Waals surface area contributed by atoms with Crippen molar-refractivity contribution in [2.75, 3.05) is 13.2 Å². The average Bonchev–Trinajstić information content (AvgIpc) is 2.74. The van der Waals surface area contributed by atoms with Crippen molar-refractivity contribution in [3.05, 3.63) is 23.8 Å². The molecule has 0 unspecified atom stereocenters. The molecule has 0 fully saturated rings. The second-order valence-electron chi connectivity index (χ2n) is 4.67. The van der Waals surface area contributed by atoms with E-state index in [1.54, 1.807) is 18.2 Å². The molecule has 0 saturated carbocycles. The van der Waals surface area contributed by atoms with Gasteiger partial charge in [-0.05, 0) is 11.6 Å². The summed E-state index contributed by atoms with van der Waals surface area (Å²) >= 11 is 0. The summed E-state index contributed by atoms with van der Waals surface area (Å²) in [5.74, 6) is -0.745. The topological polar surface area (TPSA) is 105 Å². The molecule has 1 aromatic rings. The maximum Gasteiger partial charge on any atom is 0.495 e. The number of carboxylic acid groups (broad SMARTS) is 1. The lowest BCUT2D eigenvalue weighted by Crippen LogP contribution is -2.30. The van der Waals surface area contributed by atoms with E-state index in [0.29, 0.717) is 11.2 Å². The highest BCUT2D eigenvalue weighted by Crippen LogP contribution is 2.27. The highest BCUT2D eigenvalue weighted by Gasteiger charge is 2.37. The van der Waals surface area contributed by atoms with E-state index in [2.05, 4.69) is 5.32 Å². The van der Waals surface area contributed by atoms with Gasteiger partial charge >= 0.3 is 13.1 Å². The molecule has 1 heterocycles. The number of aliphatic carboxylic acids is 1. The third kappa shape index (κ3) is 3.74. The van der Waals surface area contributed by atoms with Crippen LogP contribution in [0, 0.1) is 0 Å². The van der Waals surface area contributed by atoms with Gasteiger partial charge in [-0.15, -0.1) is 0 Å². The van der Waals surface area contributed by atoms with Gasteiger partial charge in [0.2, 0.25) is 5.91 Å². The quantitative estimate of drug-likeness (QED) is 0.607. The van der Waals surface area contributed by atoms with Gasteiger partial charge in [0.15, 0.2) is 0 Å². The van der Waals surface area contributed by atoms with Crippen LogP contribution in [0.1, 0.15) is 25.0 Å². The summed E-state index contributed by atoms with van der Waals surface area (Å²) in [5.41, 5.74) is 1.21. The van der Waals surface area contributed by atoms with Gasteiger partial charge in [-0.3, -0.25) is 9.59 Å². The summed E-state index contributed by atoms with van der Waals surface area (Å²) in [6.45, 7) is 1.66. The van der Waals surface area contributed by atoms with Crippen LogP contribution in [0.5, 0.6) is 5.75 Å². The lowest BCUT2D eigenvalue weighted by Gasteiger charge is -2.13. The number of fused-ring (bicyclic) bond motifs is 1. The fourth-order valence-electron chi connectivity index (χ4n) is 2.17. The molecule has 1 aliphatic heterocycles. The molecule has 0 radical (unpaired) electrons. The van der Waals surface area contributed by atoms with Crippen molar-refractivity contribution < 1.29 is 29.1 Å². The Balaban J connectivity index is 2.12. The van der Waals surface area contributed by atoms with E-state index >= 15 is 0 Å². The van der Waals surface area contributed by atoms with Crippen LogP contribution in [-0.2, 0) is 14.2 Å². The molecule has 0 bridgehead atoms. The molecule has 0 aliphatic carbocycles. The van der Waals surface area contributed by atoms with Crippen LogP contribution in [0.25, 0.3) is 0 Å². The van der Waals surface area contributed by atoms with Crippen molar-refractivity contribution in [1.29, 1.82) is 0 Å². The van der Waals surface area contributed by atoms with Gasteiger partial charge < -0.3 is 24.8 Å². The number of carbonyl (C=O) groups excluding carboxylic acids is 1. The van der Waals surface area contributed by atoms with E-state index in [-0.39, 0.29) is 25.5 Å². The maximum absolute atomic E-state index is 11.0. The number of hydrogen-bond donors (Lipinski definition) is 3.